The molecule has 0 heterocycles. The van der Waals surface area contributed by atoms with E-state index in [0.29, 0.717) is 5.25 Å². The van der Waals surface area contributed by atoms with E-state index in [-0.39, 0.29) is 5.92 Å². The van der Waals surface area contributed by atoms with Crippen molar-refractivity contribution in [2.24, 2.45) is 5.92 Å². The Hall–Kier alpha value is -0.180. The van der Waals surface area contributed by atoms with E-state index >= 15 is 0 Å². The first-order chi connectivity index (χ1) is 4.75. The summed E-state index contributed by atoms with van der Waals surface area (Å²) in [6.45, 7) is 2.07. The van der Waals surface area contributed by atoms with Gasteiger partial charge in [-0.05, 0) is 18.6 Å². The first-order valence-electron chi connectivity index (χ1n) is 3.60. The molecule has 10 heavy (non-hydrogen) atoms. The van der Waals surface area contributed by atoms with Crippen LogP contribution in [0.25, 0.3) is 0 Å². The fourth-order valence-electron chi connectivity index (χ4n) is 1.17. The molecule has 2 nitrogen and oxygen atoms in total. The molecule has 1 aliphatic carbocycles. The summed E-state index contributed by atoms with van der Waals surface area (Å²) in [6, 6.07) is 0. The Labute approximate surface area is 65.0 Å². The molecule has 2 unspecified atom stereocenters. The minimum absolute atomic E-state index is 0.0510. The van der Waals surface area contributed by atoms with Gasteiger partial charge in [-0.1, -0.05) is 6.92 Å². The molecule has 0 saturated heterocycles. The van der Waals surface area contributed by atoms with Gasteiger partial charge in [-0.25, -0.2) is 0 Å². The smallest absolute Gasteiger partial charge is 0.307 e. The second kappa shape index (κ2) is 3.28. The van der Waals surface area contributed by atoms with Crippen molar-refractivity contribution in [2.45, 2.75) is 25.0 Å². The van der Waals surface area contributed by atoms with E-state index in [4.69, 9.17) is 5.11 Å². The maximum atomic E-state index is 10.5. The average Bonchev–Trinajstić information content (AvgIpc) is 1.78. The van der Waals surface area contributed by atoms with Gasteiger partial charge >= 0.3 is 5.97 Å². The first kappa shape index (κ1) is 7.92. The molecule has 0 aliphatic heterocycles. The Bertz CT molecular complexity index is 136. The van der Waals surface area contributed by atoms with Gasteiger partial charge in [0.25, 0.3) is 0 Å². The molecule has 0 aromatic heterocycles. The second-order valence-electron chi connectivity index (χ2n) is 2.52. The van der Waals surface area contributed by atoms with E-state index in [1.54, 1.807) is 11.8 Å². The third-order valence-corrected chi connectivity index (χ3v) is 3.23. The van der Waals surface area contributed by atoms with Crippen LogP contribution in [-0.2, 0) is 4.79 Å². The normalized spacial score (nSPS) is 31.3. The van der Waals surface area contributed by atoms with E-state index in [0.717, 1.165) is 18.6 Å². The first-order valence-corrected chi connectivity index (χ1v) is 4.65. The summed E-state index contributed by atoms with van der Waals surface area (Å²) in [5.41, 5.74) is 0. The minimum Gasteiger partial charge on any atom is -0.481 e. The Morgan fingerprint density at radius 1 is 1.70 bits per heavy atom. The molecule has 1 aliphatic rings. The van der Waals surface area contributed by atoms with Crippen molar-refractivity contribution in [3.05, 3.63) is 0 Å². The monoisotopic (exact) mass is 160 g/mol. The molecule has 1 rings (SSSR count). The van der Waals surface area contributed by atoms with Crippen molar-refractivity contribution in [2.75, 3.05) is 5.75 Å². The molecule has 0 bridgehead atoms. The Kier molecular flexibility index (Phi) is 2.60. The zero-order valence-corrected chi connectivity index (χ0v) is 6.86. The van der Waals surface area contributed by atoms with Crippen LogP contribution >= 0.6 is 11.8 Å². The van der Waals surface area contributed by atoms with Crippen LogP contribution in [0.1, 0.15) is 19.8 Å². The minimum atomic E-state index is -0.614. The van der Waals surface area contributed by atoms with Gasteiger partial charge in [-0.3, -0.25) is 4.79 Å². The quantitative estimate of drug-likeness (QED) is 0.681. The molecule has 0 radical (unpaired) electrons. The van der Waals surface area contributed by atoms with Gasteiger partial charge in [-0.2, -0.15) is 11.8 Å². The SMILES string of the molecule is CCSC1CCC1C(=O)O. The van der Waals surface area contributed by atoms with Crippen molar-refractivity contribution in [1.82, 2.24) is 0 Å². The van der Waals surface area contributed by atoms with Gasteiger partial charge in [0, 0.05) is 5.25 Å². The van der Waals surface area contributed by atoms with Crippen LogP contribution in [-0.4, -0.2) is 22.1 Å². The zero-order valence-electron chi connectivity index (χ0n) is 6.04. The van der Waals surface area contributed by atoms with Gasteiger partial charge in [0.2, 0.25) is 0 Å². The average molecular weight is 160 g/mol. The number of thioether (sulfide) groups is 1. The Balaban J connectivity index is 2.28. The van der Waals surface area contributed by atoms with E-state index in [1.165, 1.54) is 0 Å². The fourth-order valence-corrected chi connectivity index (χ4v) is 2.38. The van der Waals surface area contributed by atoms with E-state index in [1.807, 2.05) is 0 Å². The summed E-state index contributed by atoms with van der Waals surface area (Å²) in [7, 11) is 0. The number of carboxylic acids is 1. The predicted octanol–water partition coefficient (Wildman–Crippen LogP) is 1.60. The van der Waals surface area contributed by atoms with Crippen molar-refractivity contribution in [1.29, 1.82) is 0 Å². The molecule has 0 amide bonds. The highest BCUT2D eigenvalue weighted by atomic mass is 32.2. The molecule has 0 aromatic carbocycles. The number of hydrogen-bond donors (Lipinski definition) is 1. The number of carbonyl (C=O) groups is 1. The summed E-state index contributed by atoms with van der Waals surface area (Å²) in [5, 5.41) is 9.02. The molecule has 58 valence electrons. The lowest BCUT2D eigenvalue weighted by atomic mass is 9.85. The lowest BCUT2D eigenvalue weighted by Gasteiger charge is -2.32. The standard InChI is InChI=1S/C7H12O2S/c1-2-10-6-4-3-5(6)7(8)9/h5-6H,2-4H2,1H3,(H,8,9). The highest BCUT2D eigenvalue weighted by Crippen LogP contribution is 2.37. The molecule has 1 fully saturated rings. The Morgan fingerprint density at radius 3 is 2.70 bits per heavy atom. The lowest BCUT2D eigenvalue weighted by Crippen LogP contribution is -2.35. The number of hydrogen-bond acceptors (Lipinski definition) is 2. The molecular weight excluding hydrogens is 148 g/mol. The zero-order chi connectivity index (χ0) is 7.56. The van der Waals surface area contributed by atoms with Gasteiger partial charge < -0.3 is 5.11 Å². The maximum Gasteiger partial charge on any atom is 0.307 e. The van der Waals surface area contributed by atoms with E-state index in [2.05, 4.69) is 6.92 Å². The highest BCUT2D eigenvalue weighted by Gasteiger charge is 2.36. The molecule has 0 aromatic rings. The van der Waals surface area contributed by atoms with Gasteiger partial charge in [-0.15, -0.1) is 0 Å². The van der Waals surface area contributed by atoms with Crippen molar-refractivity contribution >= 4 is 17.7 Å². The molecular formula is C7H12O2S. The number of carboxylic acid groups (broad SMARTS) is 1. The fraction of sp³-hybridized carbons (Fsp3) is 0.857. The summed E-state index contributed by atoms with van der Waals surface area (Å²) < 4.78 is 0. The van der Waals surface area contributed by atoms with Crippen molar-refractivity contribution in [3.63, 3.8) is 0 Å². The van der Waals surface area contributed by atoms with Crippen LogP contribution in [0.2, 0.25) is 0 Å². The molecule has 1 saturated carbocycles. The molecule has 2 atom stereocenters. The topological polar surface area (TPSA) is 37.3 Å². The van der Waals surface area contributed by atoms with E-state index < -0.39 is 5.97 Å². The molecule has 3 heteroatoms. The lowest BCUT2D eigenvalue weighted by molar-refractivity contribution is -0.144. The summed E-state index contributed by atoms with van der Waals surface area (Å²) in [6.07, 6.45) is 1.97. The predicted molar refractivity (Wildman–Crippen MR) is 42.3 cm³/mol. The number of rotatable bonds is 3. The van der Waals surface area contributed by atoms with Crippen LogP contribution in [0.15, 0.2) is 0 Å². The number of aliphatic carboxylic acids is 1. The van der Waals surface area contributed by atoms with Crippen LogP contribution < -0.4 is 0 Å². The van der Waals surface area contributed by atoms with Crippen molar-refractivity contribution in [3.8, 4) is 0 Å². The summed E-state index contributed by atoms with van der Waals surface area (Å²) >= 11 is 1.77. The van der Waals surface area contributed by atoms with Crippen LogP contribution in [0.3, 0.4) is 0 Å². The third kappa shape index (κ3) is 1.45. The van der Waals surface area contributed by atoms with Gasteiger partial charge in [0.05, 0.1) is 5.92 Å². The molecule has 0 spiro atoms. The summed E-state index contributed by atoms with van der Waals surface area (Å²) in [4.78, 5) is 10.5. The van der Waals surface area contributed by atoms with Gasteiger partial charge in [0.1, 0.15) is 0 Å². The van der Waals surface area contributed by atoms with Crippen LogP contribution in [0, 0.1) is 5.92 Å². The van der Waals surface area contributed by atoms with Gasteiger partial charge in [0.15, 0.2) is 0 Å². The highest BCUT2D eigenvalue weighted by molar-refractivity contribution is 7.99. The largest absolute Gasteiger partial charge is 0.481 e. The maximum absolute atomic E-state index is 10.5. The van der Waals surface area contributed by atoms with Crippen molar-refractivity contribution < 1.29 is 9.90 Å². The second-order valence-corrected chi connectivity index (χ2v) is 4.03. The van der Waals surface area contributed by atoms with Crippen LogP contribution in [0.5, 0.6) is 0 Å². The molecule has 1 N–H and O–H groups in total. The van der Waals surface area contributed by atoms with E-state index in [9.17, 15) is 4.79 Å². The third-order valence-electron chi connectivity index (χ3n) is 1.91. The van der Waals surface area contributed by atoms with Crippen LogP contribution in [0.4, 0.5) is 0 Å². The Morgan fingerprint density at radius 2 is 2.40 bits per heavy atom. The summed E-state index contributed by atoms with van der Waals surface area (Å²) in [5.74, 6) is 0.371.